The van der Waals surface area contributed by atoms with E-state index in [2.05, 4.69) is 0 Å². The summed E-state index contributed by atoms with van der Waals surface area (Å²) in [4.78, 5) is 22.0. The van der Waals surface area contributed by atoms with Crippen molar-refractivity contribution in [2.24, 2.45) is 0 Å². The molecule has 0 atom stereocenters. The maximum absolute atomic E-state index is 11.1. The number of hydrogen-bond acceptors (Lipinski definition) is 3. The van der Waals surface area contributed by atoms with E-state index in [1.807, 2.05) is 6.07 Å². The third kappa shape index (κ3) is 3.01. The fraction of sp³-hybridized carbons (Fsp3) is 0.273. The van der Waals surface area contributed by atoms with Gasteiger partial charge in [-0.15, -0.1) is 0 Å². The zero-order valence-corrected chi connectivity index (χ0v) is 8.03. The summed E-state index contributed by atoms with van der Waals surface area (Å²) < 4.78 is 5.12. The maximum Gasteiger partial charge on any atom is 0.235 e. The van der Waals surface area contributed by atoms with E-state index in [-0.39, 0.29) is 18.8 Å². The number of Topliss-reactive ketones (excluding diaryl/α,β-unsaturated/α-hetero) is 2. The molecule has 1 rings (SSSR count). The van der Waals surface area contributed by atoms with Crippen LogP contribution in [0.2, 0.25) is 0 Å². The third-order valence-corrected chi connectivity index (χ3v) is 1.75. The number of ether oxygens (including phenoxy) is 1. The summed E-state index contributed by atoms with van der Waals surface area (Å²) in [6, 6.07) is 8.95. The number of carbonyl (C=O) groups excluding carboxylic acids is 2. The molecule has 0 aromatic heterocycles. The van der Waals surface area contributed by atoms with E-state index in [1.54, 1.807) is 31.2 Å². The molecule has 0 fully saturated rings. The van der Waals surface area contributed by atoms with Crippen molar-refractivity contribution in [3.8, 4) is 5.75 Å². The molecule has 0 saturated carbocycles. The van der Waals surface area contributed by atoms with Gasteiger partial charge < -0.3 is 4.74 Å². The summed E-state index contributed by atoms with van der Waals surface area (Å²) in [7, 11) is 0. The van der Waals surface area contributed by atoms with Gasteiger partial charge in [-0.1, -0.05) is 25.1 Å². The maximum atomic E-state index is 11.1. The number of rotatable bonds is 5. The van der Waals surface area contributed by atoms with E-state index in [1.165, 1.54) is 0 Å². The van der Waals surface area contributed by atoms with Crippen LogP contribution in [0.3, 0.4) is 0 Å². The lowest BCUT2D eigenvalue weighted by atomic mass is 10.2. The molecule has 0 saturated heterocycles. The van der Waals surface area contributed by atoms with E-state index < -0.39 is 5.78 Å². The summed E-state index contributed by atoms with van der Waals surface area (Å²) in [5.74, 6) is -0.262. The monoisotopic (exact) mass is 192 g/mol. The molecule has 0 aliphatic rings. The van der Waals surface area contributed by atoms with Crippen molar-refractivity contribution in [2.45, 2.75) is 13.3 Å². The number of ketones is 2. The Labute approximate surface area is 82.7 Å². The SMILES string of the molecule is CCC(=O)C(=O)COc1ccccc1. The lowest BCUT2D eigenvalue weighted by Gasteiger charge is -2.03. The molecule has 0 aliphatic carbocycles. The summed E-state index contributed by atoms with van der Waals surface area (Å²) in [6.45, 7) is 1.49. The molecule has 0 bridgehead atoms. The van der Waals surface area contributed by atoms with Gasteiger partial charge in [-0.3, -0.25) is 9.59 Å². The Morgan fingerprint density at radius 2 is 1.79 bits per heavy atom. The summed E-state index contributed by atoms with van der Waals surface area (Å²) >= 11 is 0. The summed E-state index contributed by atoms with van der Waals surface area (Å²) in [6.07, 6.45) is 0.233. The average Bonchev–Trinajstić information content (AvgIpc) is 2.26. The average molecular weight is 192 g/mol. The second-order valence-electron chi connectivity index (χ2n) is 2.80. The Balaban J connectivity index is 2.42. The molecule has 0 unspecified atom stereocenters. The van der Waals surface area contributed by atoms with Crippen molar-refractivity contribution in [3.63, 3.8) is 0 Å². The van der Waals surface area contributed by atoms with Crippen molar-refractivity contribution in [1.29, 1.82) is 0 Å². The predicted octanol–water partition coefficient (Wildman–Crippen LogP) is 1.61. The van der Waals surface area contributed by atoms with Gasteiger partial charge >= 0.3 is 0 Å². The second kappa shape index (κ2) is 5.17. The minimum Gasteiger partial charge on any atom is -0.485 e. The third-order valence-electron chi connectivity index (χ3n) is 1.75. The van der Waals surface area contributed by atoms with Gasteiger partial charge in [0.05, 0.1) is 0 Å². The van der Waals surface area contributed by atoms with Crippen LogP contribution in [-0.4, -0.2) is 18.2 Å². The smallest absolute Gasteiger partial charge is 0.235 e. The largest absolute Gasteiger partial charge is 0.485 e. The van der Waals surface area contributed by atoms with E-state index in [4.69, 9.17) is 4.74 Å². The first-order chi connectivity index (χ1) is 6.74. The van der Waals surface area contributed by atoms with Gasteiger partial charge in [0.15, 0.2) is 6.61 Å². The normalized spacial score (nSPS) is 9.50. The fourth-order valence-electron chi connectivity index (χ4n) is 0.943. The van der Waals surface area contributed by atoms with Crippen LogP contribution in [0.25, 0.3) is 0 Å². The van der Waals surface area contributed by atoms with E-state index >= 15 is 0 Å². The van der Waals surface area contributed by atoms with Crippen LogP contribution in [0.4, 0.5) is 0 Å². The Kier molecular flexibility index (Phi) is 3.85. The van der Waals surface area contributed by atoms with Crippen LogP contribution in [0, 0.1) is 0 Å². The quantitative estimate of drug-likeness (QED) is 0.666. The molecule has 0 spiro atoms. The molecule has 0 aliphatic heterocycles. The van der Waals surface area contributed by atoms with Crippen molar-refractivity contribution in [1.82, 2.24) is 0 Å². The molecular weight excluding hydrogens is 180 g/mol. The van der Waals surface area contributed by atoms with Gasteiger partial charge in [0.25, 0.3) is 0 Å². The van der Waals surface area contributed by atoms with Gasteiger partial charge in [-0.25, -0.2) is 0 Å². The molecule has 3 heteroatoms. The fourth-order valence-corrected chi connectivity index (χ4v) is 0.943. The van der Waals surface area contributed by atoms with Gasteiger partial charge in [0.1, 0.15) is 5.75 Å². The standard InChI is InChI=1S/C11H12O3/c1-2-10(12)11(13)8-14-9-6-4-3-5-7-9/h3-7H,2,8H2,1H3. The minimum atomic E-state index is -0.476. The highest BCUT2D eigenvalue weighted by Crippen LogP contribution is 2.07. The van der Waals surface area contributed by atoms with Crippen LogP contribution in [0.5, 0.6) is 5.75 Å². The van der Waals surface area contributed by atoms with Gasteiger partial charge in [-0.2, -0.15) is 0 Å². The Hall–Kier alpha value is -1.64. The van der Waals surface area contributed by atoms with Crippen molar-refractivity contribution >= 4 is 11.6 Å². The van der Waals surface area contributed by atoms with Crippen LogP contribution >= 0.6 is 0 Å². The lowest BCUT2D eigenvalue weighted by molar-refractivity contribution is -0.137. The molecule has 74 valence electrons. The molecule has 14 heavy (non-hydrogen) atoms. The van der Waals surface area contributed by atoms with Crippen LogP contribution in [0.1, 0.15) is 13.3 Å². The molecule has 0 N–H and O–H groups in total. The Morgan fingerprint density at radius 1 is 1.14 bits per heavy atom. The number of para-hydroxylation sites is 1. The molecule has 0 heterocycles. The highest BCUT2D eigenvalue weighted by atomic mass is 16.5. The number of benzene rings is 1. The molecule has 1 aromatic carbocycles. The molecule has 0 amide bonds. The Bertz CT molecular complexity index is 317. The van der Waals surface area contributed by atoms with E-state index in [0.717, 1.165) is 0 Å². The first kappa shape index (κ1) is 10.4. The van der Waals surface area contributed by atoms with Crippen LogP contribution in [0.15, 0.2) is 30.3 Å². The first-order valence-corrected chi connectivity index (χ1v) is 4.48. The van der Waals surface area contributed by atoms with Gasteiger partial charge in [-0.05, 0) is 12.1 Å². The van der Waals surface area contributed by atoms with Crippen molar-refractivity contribution in [3.05, 3.63) is 30.3 Å². The summed E-state index contributed by atoms with van der Waals surface area (Å²) in [5, 5.41) is 0. The summed E-state index contributed by atoms with van der Waals surface area (Å²) in [5.41, 5.74) is 0. The van der Waals surface area contributed by atoms with Crippen molar-refractivity contribution in [2.75, 3.05) is 6.61 Å². The molecule has 3 nitrogen and oxygen atoms in total. The molecule has 0 radical (unpaired) electrons. The van der Waals surface area contributed by atoms with Crippen LogP contribution in [-0.2, 0) is 9.59 Å². The van der Waals surface area contributed by atoms with Crippen LogP contribution < -0.4 is 4.74 Å². The topological polar surface area (TPSA) is 43.4 Å². The first-order valence-electron chi connectivity index (χ1n) is 4.48. The predicted molar refractivity (Wildman–Crippen MR) is 52.2 cm³/mol. The van der Waals surface area contributed by atoms with Gasteiger partial charge in [0, 0.05) is 6.42 Å². The lowest BCUT2D eigenvalue weighted by Crippen LogP contribution is -2.20. The molecule has 1 aromatic rings. The number of hydrogen-bond donors (Lipinski definition) is 0. The highest BCUT2D eigenvalue weighted by Gasteiger charge is 2.11. The van der Waals surface area contributed by atoms with Gasteiger partial charge in [0.2, 0.25) is 11.6 Å². The van der Waals surface area contributed by atoms with E-state index in [0.29, 0.717) is 5.75 Å². The zero-order chi connectivity index (χ0) is 10.4. The second-order valence-corrected chi connectivity index (χ2v) is 2.80. The number of carbonyl (C=O) groups is 2. The van der Waals surface area contributed by atoms with E-state index in [9.17, 15) is 9.59 Å². The highest BCUT2D eigenvalue weighted by molar-refractivity contribution is 6.37. The molecular formula is C11H12O3. The Morgan fingerprint density at radius 3 is 2.36 bits per heavy atom. The minimum absolute atomic E-state index is 0.170. The van der Waals surface area contributed by atoms with Crippen molar-refractivity contribution < 1.29 is 14.3 Å². The zero-order valence-electron chi connectivity index (χ0n) is 8.03.